The van der Waals surface area contributed by atoms with Gasteiger partial charge in [-0.1, -0.05) is 88.4 Å². The van der Waals surface area contributed by atoms with E-state index >= 15 is 0 Å². The number of carbonyl (C=O) groups is 2. The molecule has 0 unspecified atom stereocenters. The highest BCUT2D eigenvalue weighted by atomic mass is 16.1. The first-order valence-electron chi connectivity index (χ1n) is 8.88. The molecule has 0 spiro atoms. The van der Waals surface area contributed by atoms with Gasteiger partial charge in [0.15, 0.2) is 11.6 Å². The van der Waals surface area contributed by atoms with E-state index in [-0.39, 0.29) is 11.6 Å². The SMILES string of the molecule is CC(C)(C1=CC(=O)C(C(C)(C)c2ccccc2)=CC1=O)c1ccccc1. The van der Waals surface area contributed by atoms with Crippen molar-refractivity contribution in [1.29, 1.82) is 0 Å². The number of rotatable bonds is 4. The van der Waals surface area contributed by atoms with Crippen LogP contribution in [0.3, 0.4) is 0 Å². The van der Waals surface area contributed by atoms with E-state index in [2.05, 4.69) is 0 Å². The van der Waals surface area contributed by atoms with Crippen molar-refractivity contribution in [3.63, 3.8) is 0 Å². The Labute approximate surface area is 155 Å². The molecule has 0 N–H and O–H groups in total. The minimum absolute atomic E-state index is 0.0857. The summed E-state index contributed by atoms with van der Waals surface area (Å²) >= 11 is 0. The van der Waals surface area contributed by atoms with Crippen LogP contribution < -0.4 is 0 Å². The zero-order chi connectivity index (χ0) is 18.9. The second-order valence-corrected chi connectivity index (χ2v) is 7.83. The number of benzene rings is 2. The molecule has 2 heteroatoms. The third-order valence-electron chi connectivity index (χ3n) is 5.42. The molecule has 0 radical (unpaired) electrons. The molecule has 0 amide bonds. The van der Waals surface area contributed by atoms with Gasteiger partial charge in [-0.15, -0.1) is 0 Å². The van der Waals surface area contributed by atoms with Crippen molar-refractivity contribution in [1.82, 2.24) is 0 Å². The highest BCUT2D eigenvalue weighted by Gasteiger charge is 2.38. The number of allylic oxidation sites excluding steroid dienone is 4. The van der Waals surface area contributed by atoms with Crippen molar-refractivity contribution >= 4 is 11.6 Å². The molecule has 1 aliphatic rings. The molecule has 1 aliphatic carbocycles. The molecule has 0 atom stereocenters. The fraction of sp³-hybridized carbons (Fsp3) is 0.250. The molecule has 132 valence electrons. The first kappa shape index (κ1) is 18.1. The molecule has 2 aromatic carbocycles. The van der Waals surface area contributed by atoms with E-state index in [0.29, 0.717) is 11.1 Å². The predicted molar refractivity (Wildman–Crippen MR) is 105 cm³/mol. The fourth-order valence-corrected chi connectivity index (χ4v) is 3.56. The van der Waals surface area contributed by atoms with Crippen LogP contribution in [-0.4, -0.2) is 11.6 Å². The molecule has 0 saturated heterocycles. The Balaban J connectivity index is 1.99. The Morgan fingerprint density at radius 1 is 0.538 bits per heavy atom. The molecule has 0 aromatic heterocycles. The van der Waals surface area contributed by atoms with Crippen molar-refractivity contribution in [2.24, 2.45) is 0 Å². The van der Waals surface area contributed by atoms with E-state index < -0.39 is 10.8 Å². The lowest BCUT2D eigenvalue weighted by Crippen LogP contribution is -2.33. The van der Waals surface area contributed by atoms with Crippen LogP contribution in [0.15, 0.2) is 84.0 Å². The number of carbonyl (C=O) groups excluding carboxylic acids is 2. The molecule has 0 saturated carbocycles. The predicted octanol–water partition coefficient (Wildman–Crippen LogP) is 4.95. The van der Waals surface area contributed by atoms with Crippen molar-refractivity contribution in [2.75, 3.05) is 0 Å². The van der Waals surface area contributed by atoms with Crippen LogP contribution in [0.25, 0.3) is 0 Å². The van der Waals surface area contributed by atoms with Crippen LogP contribution in [0.1, 0.15) is 38.8 Å². The Kier molecular flexibility index (Phi) is 4.53. The van der Waals surface area contributed by atoms with E-state index in [1.54, 1.807) is 0 Å². The summed E-state index contributed by atoms with van der Waals surface area (Å²) in [5.41, 5.74) is 2.08. The number of hydrogen-bond acceptors (Lipinski definition) is 2. The quantitative estimate of drug-likeness (QED) is 0.736. The first-order chi connectivity index (χ1) is 12.2. The summed E-state index contributed by atoms with van der Waals surface area (Å²) in [6, 6.07) is 19.7. The van der Waals surface area contributed by atoms with Crippen molar-refractivity contribution in [3.05, 3.63) is 95.1 Å². The molecule has 2 nitrogen and oxygen atoms in total. The molecule has 3 rings (SSSR count). The van der Waals surface area contributed by atoms with Gasteiger partial charge in [-0.25, -0.2) is 0 Å². The van der Waals surface area contributed by atoms with Gasteiger partial charge in [0.25, 0.3) is 0 Å². The molecule has 2 aromatic rings. The standard InChI is InChI=1S/C24H24O2/c1-23(2,17-11-7-5-8-12-17)19-15-22(26)20(16-21(19)25)24(3,4)18-13-9-6-10-14-18/h5-16H,1-4H3. The average Bonchev–Trinajstić information content (AvgIpc) is 2.64. The van der Waals surface area contributed by atoms with E-state index in [9.17, 15) is 9.59 Å². The summed E-state index contributed by atoms with van der Waals surface area (Å²) in [7, 11) is 0. The highest BCUT2D eigenvalue weighted by Crippen LogP contribution is 2.38. The Bertz CT molecular complexity index is 820. The Hall–Kier alpha value is -2.74. The summed E-state index contributed by atoms with van der Waals surface area (Å²) in [4.78, 5) is 25.9. The highest BCUT2D eigenvalue weighted by molar-refractivity contribution is 6.21. The van der Waals surface area contributed by atoms with Crippen molar-refractivity contribution in [2.45, 2.75) is 38.5 Å². The van der Waals surface area contributed by atoms with Gasteiger partial charge in [-0.05, 0) is 23.3 Å². The van der Waals surface area contributed by atoms with Crippen molar-refractivity contribution in [3.8, 4) is 0 Å². The summed E-state index contributed by atoms with van der Waals surface area (Å²) in [5, 5.41) is 0. The smallest absolute Gasteiger partial charge is 0.183 e. The summed E-state index contributed by atoms with van der Waals surface area (Å²) < 4.78 is 0. The molecular weight excluding hydrogens is 320 g/mol. The summed E-state index contributed by atoms with van der Waals surface area (Å²) in [6.45, 7) is 7.95. The second kappa shape index (κ2) is 6.53. The molecular formula is C24H24O2. The Morgan fingerprint density at radius 3 is 1.15 bits per heavy atom. The van der Waals surface area contributed by atoms with Gasteiger partial charge in [0.2, 0.25) is 0 Å². The van der Waals surface area contributed by atoms with Crippen LogP contribution >= 0.6 is 0 Å². The Morgan fingerprint density at radius 2 is 0.846 bits per heavy atom. The summed E-state index contributed by atoms with van der Waals surface area (Å²) in [6.07, 6.45) is 3.07. The molecule has 0 bridgehead atoms. The molecule has 0 fully saturated rings. The van der Waals surface area contributed by atoms with Crippen LogP contribution in [0.2, 0.25) is 0 Å². The van der Waals surface area contributed by atoms with E-state index in [1.165, 1.54) is 12.2 Å². The first-order valence-corrected chi connectivity index (χ1v) is 8.88. The minimum Gasteiger partial charge on any atom is -0.290 e. The summed E-state index contributed by atoms with van der Waals surface area (Å²) in [5.74, 6) is -0.171. The second-order valence-electron chi connectivity index (χ2n) is 7.83. The lowest BCUT2D eigenvalue weighted by atomic mass is 9.69. The third-order valence-corrected chi connectivity index (χ3v) is 5.42. The van der Waals surface area contributed by atoms with Gasteiger partial charge < -0.3 is 0 Å². The van der Waals surface area contributed by atoms with Gasteiger partial charge in [-0.3, -0.25) is 9.59 Å². The number of hydrogen-bond donors (Lipinski definition) is 0. The van der Waals surface area contributed by atoms with Gasteiger partial charge in [0.1, 0.15) is 0 Å². The molecule has 0 heterocycles. The van der Waals surface area contributed by atoms with Gasteiger partial charge in [0.05, 0.1) is 0 Å². The lowest BCUT2D eigenvalue weighted by Gasteiger charge is -2.33. The maximum absolute atomic E-state index is 13.0. The van der Waals surface area contributed by atoms with E-state index in [1.807, 2.05) is 88.4 Å². The van der Waals surface area contributed by atoms with Crippen molar-refractivity contribution < 1.29 is 9.59 Å². The maximum Gasteiger partial charge on any atom is 0.183 e. The average molecular weight is 344 g/mol. The van der Waals surface area contributed by atoms with Crippen LogP contribution in [-0.2, 0) is 20.4 Å². The zero-order valence-electron chi connectivity index (χ0n) is 15.7. The fourth-order valence-electron chi connectivity index (χ4n) is 3.56. The van der Waals surface area contributed by atoms with Gasteiger partial charge >= 0.3 is 0 Å². The lowest BCUT2D eigenvalue weighted by molar-refractivity contribution is -0.116. The number of ketones is 2. The normalized spacial score (nSPS) is 15.5. The molecule has 0 aliphatic heterocycles. The minimum atomic E-state index is -0.521. The van der Waals surface area contributed by atoms with Crippen LogP contribution in [0.4, 0.5) is 0 Å². The van der Waals surface area contributed by atoms with Gasteiger partial charge in [0, 0.05) is 22.0 Å². The zero-order valence-corrected chi connectivity index (χ0v) is 15.7. The largest absolute Gasteiger partial charge is 0.290 e. The third kappa shape index (κ3) is 3.08. The van der Waals surface area contributed by atoms with Gasteiger partial charge in [-0.2, -0.15) is 0 Å². The topological polar surface area (TPSA) is 34.1 Å². The van der Waals surface area contributed by atoms with E-state index in [0.717, 1.165) is 11.1 Å². The van der Waals surface area contributed by atoms with Crippen LogP contribution in [0.5, 0.6) is 0 Å². The molecule has 26 heavy (non-hydrogen) atoms. The monoisotopic (exact) mass is 344 g/mol. The van der Waals surface area contributed by atoms with E-state index in [4.69, 9.17) is 0 Å². The maximum atomic E-state index is 13.0. The van der Waals surface area contributed by atoms with Crippen LogP contribution in [0, 0.1) is 0 Å².